The van der Waals surface area contributed by atoms with Crippen molar-refractivity contribution in [1.82, 2.24) is 10.2 Å². The van der Waals surface area contributed by atoms with E-state index in [0.717, 1.165) is 22.3 Å². The fourth-order valence-electron chi connectivity index (χ4n) is 4.93. The van der Waals surface area contributed by atoms with Gasteiger partial charge in [-0.15, -0.1) is 0 Å². The highest BCUT2D eigenvalue weighted by molar-refractivity contribution is 5.86. The highest BCUT2D eigenvalue weighted by atomic mass is 16.5. The Hall–Kier alpha value is -3.39. The number of carboxylic acid groups (broad SMARTS) is 1. The van der Waals surface area contributed by atoms with Gasteiger partial charge in [-0.1, -0.05) is 48.5 Å². The molecular formula is C26H30N2O6. The topological polar surface area (TPSA) is 105 Å². The number of amides is 2. The molecule has 0 spiro atoms. The number of carboxylic acids is 1. The molecule has 0 saturated carbocycles. The van der Waals surface area contributed by atoms with Crippen molar-refractivity contribution in [2.24, 2.45) is 5.92 Å². The van der Waals surface area contributed by atoms with Crippen molar-refractivity contribution in [3.05, 3.63) is 59.7 Å². The average molecular weight is 467 g/mol. The highest BCUT2D eigenvalue weighted by Gasteiger charge is 2.36. The Morgan fingerprint density at radius 1 is 1.09 bits per heavy atom. The maximum atomic E-state index is 13.1. The maximum Gasteiger partial charge on any atom is 0.407 e. The van der Waals surface area contributed by atoms with Crippen LogP contribution in [0, 0.1) is 5.92 Å². The van der Waals surface area contributed by atoms with E-state index in [2.05, 4.69) is 17.4 Å². The number of carbonyl (C=O) groups is 3. The van der Waals surface area contributed by atoms with Gasteiger partial charge in [0.15, 0.2) is 0 Å². The molecule has 1 saturated heterocycles. The number of rotatable bonds is 8. The van der Waals surface area contributed by atoms with E-state index in [0.29, 0.717) is 19.5 Å². The summed E-state index contributed by atoms with van der Waals surface area (Å²) < 4.78 is 10.9. The van der Waals surface area contributed by atoms with Crippen LogP contribution in [-0.2, 0) is 19.1 Å². The second-order valence-corrected chi connectivity index (χ2v) is 8.93. The van der Waals surface area contributed by atoms with Gasteiger partial charge in [-0.2, -0.15) is 0 Å². The lowest BCUT2D eigenvalue weighted by atomic mass is 9.98. The Morgan fingerprint density at radius 3 is 2.29 bits per heavy atom. The molecule has 2 N–H and O–H groups in total. The summed E-state index contributed by atoms with van der Waals surface area (Å²) in [7, 11) is 1.47. The van der Waals surface area contributed by atoms with E-state index < -0.39 is 24.2 Å². The summed E-state index contributed by atoms with van der Waals surface area (Å²) in [5.74, 6) is -1.34. The van der Waals surface area contributed by atoms with Gasteiger partial charge in [-0.05, 0) is 41.5 Å². The largest absolute Gasteiger partial charge is 0.481 e. The Bertz CT molecular complexity index is 1030. The van der Waals surface area contributed by atoms with Crippen LogP contribution in [0.5, 0.6) is 0 Å². The van der Waals surface area contributed by atoms with Crippen LogP contribution in [0.25, 0.3) is 11.1 Å². The molecule has 4 rings (SSSR count). The Balaban J connectivity index is 1.40. The number of alkyl carbamates (subject to hydrolysis) is 1. The predicted molar refractivity (Wildman–Crippen MR) is 125 cm³/mol. The zero-order valence-electron chi connectivity index (χ0n) is 19.4. The third kappa shape index (κ3) is 4.92. The van der Waals surface area contributed by atoms with Crippen LogP contribution in [0.15, 0.2) is 48.5 Å². The van der Waals surface area contributed by atoms with Crippen molar-refractivity contribution >= 4 is 18.0 Å². The molecule has 2 aromatic rings. The summed E-state index contributed by atoms with van der Waals surface area (Å²) in [6, 6.07) is 15.2. The fraction of sp³-hybridized carbons (Fsp3) is 0.423. The molecule has 0 aromatic heterocycles. The smallest absolute Gasteiger partial charge is 0.407 e. The minimum atomic E-state index is -0.927. The van der Waals surface area contributed by atoms with Gasteiger partial charge in [0.05, 0.1) is 6.10 Å². The normalized spacial score (nSPS) is 18.6. The summed E-state index contributed by atoms with van der Waals surface area (Å²) in [5.41, 5.74) is 4.49. The van der Waals surface area contributed by atoms with Gasteiger partial charge in [0, 0.05) is 32.5 Å². The lowest BCUT2D eigenvalue weighted by Crippen LogP contribution is -2.54. The lowest BCUT2D eigenvalue weighted by Gasteiger charge is -2.28. The van der Waals surface area contributed by atoms with Crippen LogP contribution in [0.1, 0.15) is 36.8 Å². The maximum absolute atomic E-state index is 13.1. The van der Waals surface area contributed by atoms with E-state index in [9.17, 15) is 14.4 Å². The molecule has 3 atom stereocenters. The monoisotopic (exact) mass is 466 g/mol. The summed E-state index contributed by atoms with van der Waals surface area (Å²) in [6.07, 6.45) is -0.623. The molecule has 34 heavy (non-hydrogen) atoms. The highest BCUT2D eigenvalue weighted by Crippen LogP contribution is 2.44. The van der Waals surface area contributed by atoms with Crippen LogP contribution in [0.3, 0.4) is 0 Å². The molecule has 1 aliphatic heterocycles. The molecule has 0 bridgehead atoms. The van der Waals surface area contributed by atoms with Gasteiger partial charge >= 0.3 is 12.1 Å². The molecule has 1 heterocycles. The molecule has 8 heteroatoms. The first-order valence-electron chi connectivity index (χ1n) is 11.5. The van der Waals surface area contributed by atoms with E-state index in [-0.39, 0.29) is 30.8 Å². The number of hydrogen-bond donors (Lipinski definition) is 2. The lowest BCUT2D eigenvalue weighted by molar-refractivity contribution is -0.139. The zero-order valence-corrected chi connectivity index (χ0v) is 19.4. The number of aliphatic carboxylic acids is 1. The van der Waals surface area contributed by atoms with E-state index in [1.165, 1.54) is 7.11 Å². The van der Waals surface area contributed by atoms with Crippen LogP contribution >= 0.6 is 0 Å². The average Bonchev–Trinajstić information content (AvgIpc) is 3.42. The van der Waals surface area contributed by atoms with Crippen molar-refractivity contribution in [1.29, 1.82) is 0 Å². The summed E-state index contributed by atoms with van der Waals surface area (Å²) in [4.78, 5) is 38.5. The SMILES string of the molecule is COC(C)C(NC(=O)OCC1c2ccccc2-c2ccccc21)C(=O)N1CCC(CC(=O)O)C1. The number of likely N-dealkylation sites (tertiary alicyclic amines) is 1. The van der Waals surface area contributed by atoms with E-state index in [1.54, 1.807) is 11.8 Å². The first kappa shape index (κ1) is 23.8. The van der Waals surface area contributed by atoms with Gasteiger partial charge in [0.25, 0.3) is 0 Å². The molecule has 1 aliphatic carbocycles. The molecule has 2 aliphatic rings. The molecule has 2 aromatic carbocycles. The Kier molecular flexibility index (Phi) is 7.17. The number of nitrogens with one attached hydrogen (secondary N) is 1. The van der Waals surface area contributed by atoms with Crippen LogP contribution in [-0.4, -0.2) is 66.9 Å². The number of nitrogens with zero attached hydrogens (tertiary/aromatic N) is 1. The molecule has 180 valence electrons. The molecule has 3 unspecified atom stereocenters. The van der Waals surface area contributed by atoms with E-state index in [4.69, 9.17) is 14.6 Å². The molecule has 1 fully saturated rings. The van der Waals surface area contributed by atoms with E-state index >= 15 is 0 Å². The second-order valence-electron chi connectivity index (χ2n) is 8.93. The van der Waals surface area contributed by atoms with Gasteiger partial charge in [0.2, 0.25) is 5.91 Å². The quantitative estimate of drug-likeness (QED) is 0.619. The number of fused-ring (bicyclic) bond motifs is 3. The summed E-state index contributed by atoms with van der Waals surface area (Å²) in [6.45, 7) is 2.66. The number of benzene rings is 2. The first-order chi connectivity index (χ1) is 16.4. The standard InChI is InChI=1S/C26H30N2O6/c1-16(33-2)24(25(31)28-12-11-17(14-28)13-23(29)30)27-26(32)34-15-22-20-9-5-3-7-18(20)19-8-4-6-10-21(19)22/h3-10,16-17,22,24H,11-15H2,1-2H3,(H,27,32)(H,29,30). The van der Waals surface area contributed by atoms with Crippen molar-refractivity contribution in [3.8, 4) is 11.1 Å². The van der Waals surface area contributed by atoms with Crippen molar-refractivity contribution in [2.45, 2.75) is 37.8 Å². The number of carbonyl (C=O) groups excluding carboxylic acids is 2. The summed E-state index contributed by atoms with van der Waals surface area (Å²) >= 11 is 0. The predicted octanol–water partition coefficient (Wildman–Crippen LogP) is 3.25. The molecule has 0 radical (unpaired) electrons. The summed E-state index contributed by atoms with van der Waals surface area (Å²) in [5, 5.41) is 11.7. The minimum absolute atomic E-state index is 0.0219. The second kappa shape index (κ2) is 10.3. The molecular weight excluding hydrogens is 436 g/mol. The van der Waals surface area contributed by atoms with Crippen molar-refractivity contribution in [3.63, 3.8) is 0 Å². The number of methoxy groups -OCH3 is 1. The fourth-order valence-corrected chi connectivity index (χ4v) is 4.93. The van der Waals surface area contributed by atoms with Crippen LogP contribution in [0.2, 0.25) is 0 Å². The van der Waals surface area contributed by atoms with Crippen molar-refractivity contribution < 1.29 is 29.0 Å². The van der Waals surface area contributed by atoms with Crippen molar-refractivity contribution in [2.75, 3.05) is 26.8 Å². The third-order valence-corrected chi connectivity index (χ3v) is 6.79. The Morgan fingerprint density at radius 2 is 1.71 bits per heavy atom. The van der Waals surface area contributed by atoms with Gasteiger partial charge in [0.1, 0.15) is 12.6 Å². The number of ether oxygens (including phenoxy) is 2. The van der Waals surface area contributed by atoms with E-state index in [1.807, 2.05) is 36.4 Å². The van der Waals surface area contributed by atoms with Gasteiger partial charge < -0.3 is 24.8 Å². The molecule has 2 amide bonds. The van der Waals surface area contributed by atoms with Gasteiger partial charge in [-0.3, -0.25) is 9.59 Å². The minimum Gasteiger partial charge on any atom is -0.481 e. The zero-order chi connectivity index (χ0) is 24.2. The van der Waals surface area contributed by atoms with Crippen LogP contribution in [0.4, 0.5) is 4.79 Å². The first-order valence-corrected chi connectivity index (χ1v) is 11.5. The molecule has 8 nitrogen and oxygen atoms in total. The number of hydrogen-bond acceptors (Lipinski definition) is 5. The third-order valence-electron chi connectivity index (χ3n) is 6.79. The van der Waals surface area contributed by atoms with Crippen LogP contribution < -0.4 is 5.32 Å². The van der Waals surface area contributed by atoms with Gasteiger partial charge in [-0.25, -0.2) is 4.79 Å². The Labute approximate surface area is 198 Å².